The van der Waals surface area contributed by atoms with Gasteiger partial charge in [-0.25, -0.2) is 4.98 Å². The van der Waals surface area contributed by atoms with Gasteiger partial charge < -0.3 is 9.72 Å². The van der Waals surface area contributed by atoms with Gasteiger partial charge in [-0.1, -0.05) is 12.2 Å². The second-order valence-electron chi connectivity index (χ2n) is 3.75. The van der Waals surface area contributed by atoms with Crippen molar-refractivity contribution >= 4 is 12.2 Å². The minimum Gasteiger partial charge on any atom is -0.496 e. The van der Waals surface area contributed by atoms with Gasteiger partial charge in [0.05, 0.1) is 24.4 Å². The largest absolute Gasteiger partial charge is 0.496 e. The standard InChI is InChI=1S/C13H11N3OS/c1-8-15-11(6-13(18)16-8)10-5-9(7-14)3-4-12(10)17-2/h3-6H,1-2H3,(H,15,16,18). The molecule has 1 heterocycles. The Hall–Kier alpha value is -2.19. The summed E-state index contributed by atoms with van der Waals surface area (Å²) in [5.41, 5.74) is 2.16. The third kappa shape index (κ3) is 2.39. The molecule has 0 bridgehead atoms. The van der Waals surface area contributed by atoms with E-state index in [4.69, 9.17) is 22.2 Å². The molecule has 0 spiro atoms. The number of aryl methyl sites for hydroxylation is 1. The third-order valence-corrected chi connectivity index (χ3v) is 2.69. The van der Waals surface area contributed by atoms with E-state index < -0.39 is 0 Å². The van der Waals surface area contributed by atoms with Crippen molar-refractivity contribution in [2.75, 3.05) is 7.11 Å². The number of hydrogen-bond acceptors (Lipinski definition) is 4. The maximum atomic E-state index is 8.95. The van der Waals surface area contributed by atoms with Crippen LogP contribution in [0.3, 0.4) is 0 Å². The Balaban J connectivity index is 2.68. The SMILES string of the molecule is COc1ccc(C#N)cc1-c1cc(=S)nc(C)[nH]1. The van der Waals surface area contributed by atoms with Gasteiger partial charge in [-0.3, -0.25) is 0 Å². The van der Waals surface area contributed by atoms with E-state index in [0.29, 0.717) is 16.0 Å². The molecule has 90 valence electrons. The van der Waals surface area contributed by atoms with Gasteiger partial charge in [0, 0.05) is 5.56 Å². The van der Waals surface area contributed by atoms with Crippen molar-refractivity contribution in [1.29, 1.82) is 5.26 Å². The first-order chi connectivity index (χ1) is 8.63. The molecule has 18 heavy (non-hydrogen) atoms. The van der Waals surface area contributed by atoms with Gasteiger partial charge in [0.2, 0.25) is 0 Å². The van der Waals surface area contributed by atoms with Crippen LogP contribution in [0.4, 0.5) is 0 Å². The fourth-order valence-corrected chi connectivity index (χ4v) is 1.97. The maximum Gasteiger partial charge on any atom is 0.130 e. The molecule has 2 aromatic rings. The van der Waals surface area contributed by atoms with Crippen LogP contribution in [0.5, 0.6) is 5.75 Å². The fourth-order valence-electron chi connectivity index (χ4n) is 1.71. The lowest BCUT2D eigenvalue weighted by atomic mass is 10.1. The lowest BCUT2D eigenvalue weighted by molar-refractivity contribution is 0.416. The quantitative estimate of drug-likeness (QED) is 0.840. The third-order valence-electron chi connectivity index (χ3n) is 2.48. The number of nitriles is 1. The summed E-state index contributed by atoms with van der Waals surface area (Å²) >= 11 is 5.09. The van der Waals surface area contributed by atoms with Crippen LogP contribution in [0, 0.1) is 22.9 Å². The van der Waals surface area contributed by atoms with Crippen molar-refractivity contribution in [3.05, 3.63) is 40.3 Å². The van der Waals surface area contributed by atoms with E-state index >= 15 is 0 Å². The minimum absolute atomic E-state index is 0.505. The summed E-state index contributed by atoms with van der Waals surface area (Å²) in [6, 6.07) is 9.10. The summed E-state index contributed by atoms with van der Waals surface area (Å²) in [4.78, 5) is 7.23. The number of nitrogens with zero attached hydrogens (tertiary/aromatic N) is 2. The van der Waals surface area contributed by atoms with E-state index in [0.717, 1.165) is 17.1 Å². The summed E-state index contributed by atoms with van der Waals surface area (Å²) in [5, 5.41) is 8.95. The van der Waals surface area contributed by atoms with Gasteiger partial charge in [-0.2, -0.15) is 5.26 Å². The minimum atomic E-state index is 0.505. The van der Waals surface area contributed by atoms with Crippen molar-refractivity contribution in [2.24, 2.45) is 0 Å². The molecule has 0 amide bonds. The molecule has 0 aliphatic carbocycles. The molecule has 0 saturated carbocycles. The molecular weight excluding hydrogens is 246 g/mol. The first-order valence-corrected chi connectivity index (χ1v) is 5.71. The van der Waals surface area contributed by atoms with Gasteiger partial charge in [0.25, 0.3) is 0 Å². The summed E-state index contributed by atoms with van der Waals surface area (Å²) in [5.74, 6) is 1.41. The first kappa shape index (κ1) is 12.3. The van der Waals surface area contributed by atoms with Crippen LogP contribution >= 0.6 is 12.2 Å². The van der Waals surface area contributed by atoms with Crippen LogP contribution in [-0.4, -0.2) is 17.1 Å². The zero-order valence-corrected chi connectivity index (χ0v) is 10.8. The number of hydrogen-bond donors (Lipinski definition) is 1. The summed E-state index contributed by atoms with van der Waals surface area (Å²) < 4.78 is 5.80. The second-order valence-corrected chi connectivity index (χ2v) is 4.16. The summed E-state index contributed by atoms with van der Waals surface area (Å²) in [6.45, 7) is 1.83. The van der Waals surface area contributed by atoms with Crippen LogP contribution in [0.15, 0.2) is 24.3 Å². The molecule has 0 unspecified atom stereocenters. The van der Waals surface area contributed by atoms with Crippen LogP contribution in [-0.2, 0) is 0 Å². The van der Waals surface area contributed by atoms with Crippen LogP contribution in [0.2, 0.25) is 0 Å². The van der Waals surface area contributed by atoms with Crippen molar-refractivity contribution in [3.8, 4) is 23.1 Å². The van der Waals surface area contributed by atoms with Crippen molar-refractivity contribution in [1.82, 2.24) is 9.97 Å². The van der Waals surface area contributed by atoms with Gasteiger partial charge in [-0.15, -0.1) is 0 Å². The molecule has 0 saturated heterocycles. The predicted octanol–water partition coefficient (Wildman–Crippen LogP) is 2.99. The maximum absolute atomic E-state index is 8.95. The zero-order valence-electron chi connectivity index (χ0n) is 10.0. The van der Waals surface area contributed by atoms with E-state index in [2.05, 4.69) is 16.0 Å². The van der Waals surface area contributed by atoms with Gasteiger partial charge in [-0.05, 0) is 31.2 Å². The molecule has 0 aliphatic rings. The molecule has 1 aromatic carbocycles. The number of aromatic nitrogens is 2. The highest BCUT2D eigenvalue weighted by atomic mass is 32.1. The highest BCUT2D eigenvalue weighted by Gasteiger charge is 2.08. The van der Waals surface area contributed by atoms with Gasteiger partial charge >= 0.3 is 0 Å². The number of aromatic amines is 1. The number of benzene rings is 1. The van der Waals surface area contributed by atoms with Gasteiger partial charge in [0.15, 0.2) is 0 Å². The smallest absolute Gasteiger partial charge is 0.130 e. The molecule has 5 heteroatoms. The van der Waals surface area contributed by atoms with E-state index in [1.54, 1.807) is 31.4 Å². The molecule has 2 rings (SSSR count). The lowest BCUT2D eigenvalue weighted by Crippen LogP contribution is -1.95. The fraction of sp³-hybridized carbons (Fsp3) is 0.154. The Bertz CT molecular complexity index is 685. The first-order valence-electron chi connectivity index (χ1n) is 5.30. The number of nitrogens with one attached hydrogen (secondary N) is 1. The summed E-state index contributed by atoms with van der Waals surface area (Å²) in [6.07, 6.45) is 0. The highest BCUT2D eigenvalue weighted by Crippen LogP contribution is 2.29. The van der Waals surface area contributed by atoms with E-state index in [1.165, 1.54) is 0 Å². The van der Waals surface area contributed by atoms with E-state index in [-0.39, 0.29) is 0 Å². The normalized spacial score (nSPS) is 9.83. The summed E-state index contributed by atoms with van der Waals surface area (Å²) in [7, 11) is 1.59. The molecule has 4 nitrogen and oxygen atoms in total. The van der Waals surface area contributed by atoms with Crippen LogP contribution in [0.1, 0.15) is 11.4 Å². The molecule has 0 fully saturated rings. The molecule has 1 N–H and O–H groups in total. The lowest BCUT2D eigenvalue weighted by Gasteiger charge is -2.09. The average molecular weight is 257 g/mol. The van der Waals surface area contributed by atoms with Crippen LogP contribution < -0.4 is 4.74 Å². The Morgan fingerprint density at radius 2 is 2.17 bits per heavy atom. The second kappa shape index (κ2) is 4.98. The van der Waals surface area contributed by atoms with Gasteiger partial charge in [0.1, 0.15) is 16.2 Å². The zero-order chi connectivity index (χ0) is 13.1. The number of rotatable bonds is 2. The average Bonchev–Trinajstić information content (AvgIpc) is 2.36. The number of H-pyrrole nitrogens is 1. The topological polar surface area (TPSA) is 61.7 Å². The Labute approximate surface area is 110 Å². The highest BCUT2D eigenvalue weighted by molar-refractivity contribution is 7.71. The van der Waals surface area contributed by atoms with Crippen molar-refractivity contribution < 1.29 is 4.74 Å². The number of methoxy groups -OCH3 is 1. The van der Waals surface area contributed by atoms with Crippen LogP contribution in [0.25, 0.3) is 11.3 Å². The monoisotopic (exact) mass is 257 g/mol. The van der Waals surface area contributed by atoms with E-state index in [1.807, 2.05) is 6.92 Å². The molecule has 1 aromatic heterocycles. The molecular formula is C13H11N3OS. The van der Waals surface area contributed by atoms with E-state index in [9.17, 15) is 0 Å². The van der Waals surface area contributed by atoms with Crippen molar-refractivity contribution in [3.63, 3.8) is 0 Å². The Kier molecular flexibility index (Phi) is 3.40. The van der Waals surface area contributed by atoms with Crippen molar-refractivity contribution in [2.45, 2.75) is 6.92 Å². The predicted molar refractivity (Wildman–Crippen MR) is 70.9 cm³/mol. The Morgan fingerprint density at radius 1 is 1.39 bits per heavy atom. The molecule has 0 aliphatic heterocycles. The molecule has 0 atom stereocenters. The number of ether oxygens (including phenoxy) is 1. The Morgan fingerprint density at radius 3 is 2.78 bits per heavy atom. The molecule has 0 radical (unpaired) electrons.